The van der Waals surface area contributed by atoms with Crippen molar-refractivity contribution in [2.45, 2.75) is 20.4 Å². The van der Waals surface area contributed by atoms with Crippen LogP contribution >= 0.6 is 0 Å². The maximum atomic E-state index is 12.5. The van der Waals surface area contributed by atoms with E-state index in [1.54, 1.807) is 28.9 Å². The fourth-order valence-corrected chi connectivity index (χ4v) is 2.95. The number of aryl methyl sites for hydroxylation is 1. The maximum absolute atomic E-state index is 12.5. The van der Waals surface area contributed by atoms with Crippen molar-refractivity contribution in [2.75, 3.05) is 29.6 Å². The molecule has 1 aromatic heterocycles. The first kappa shape index (κ1) is 20.1. The van der Waals surface area contributed by atoms with E-state index in [1.807, 2.05) is 32.1 Å². The van der Waals surface area contributed by atoms with Crippen LogP contribution in [0.2, 0.25) is 0 Å². The van der Waals surface area contributed by atoms with Gasteiger partial charge in [0.15, 0.2) is 5.82 Å². The van der Waals surface area contributed by atoms with Crippen molar-refractivity contribution < 1.29 is 9.59 Å². The fraction of sp³-hybridized carbons (Fsp3) is 0.227. The Labute approximate surface area is 170 Å². The Balaban J connectivity index is 1.72. The molecule has 0 aliphatic heterocycles. The highest BCUT2D eigenvalue weighted by Crippen LogP contribution is 2.29. The van der Waals surface area contributed by atoms with Crippen LogP contribution in [0.15, 0.2) is 54.7 Å². The first-order chi connectivity index (χ1) is 13.8. The summed E-state index contributed by atoms with van der Waals surface area (Å²) in [7, 11) is 3.86. The molecule has 3 rings (SSSR count). The number of hydrogen-bond donors (Lipinski definition) is 2. The third-order valence-electron chi connectivity index (χ3n) is 4.32. The molecule has 0 unspecified atom stereocenters. The highest BCUT2D eigenvalue weighted by molar-refractivity contribution is 5.92. The third kappa shape index (κ3) is 5.22. The van der Waals surface area contributed by atoms with Gasteiger partial charge in [-0.2, -0.15) is 5.10 Å². The van der Waals surface area contributed by atoms with E-state index in [-0.39, 0.29) is 18.4 Å². The van der Waals surface area contributed by atoms with Crippen molar-refractivity contribution in [3.05, 3.63) is 60.3 Å². The number of nitrogens with zero attached hydrogens (tertiary/aromatic N) is 3. The Morgan fingerprint density at radius 1 is 0.966 bits per heavy atom. The van der Waals surface area contributed by atoms with Crippen molar-refractivity contribution in [1.29, 1.82) is 0 Å². The maximum Gasteiger partial charge on any atom is 0.246 e. The van der Waals surface area contributed by atoms with Crippen LogP contribution in [0.4, 0.5) is 17.2 Å². The smallest absolute Gasteiger partial charge is 0.246 e. The van der Waals surface area contributed by atoms with Crippen LogP contribution < -0.4 is 15.5 Å². The van der Waals surface area contributed by atoms with Crippen molar-refractivity contribution in [3.8, 4) is 11.1 Å². The van der Waals surface area contributed by atoms with E-state index in [4.69, 9.17) is 0 Å². The number of nitrogens with one attached hydrogen (secondary N) is 2. The van der Waals surface area contributed by atoms with Crippen LogP contribution in [0.3, 0.4) is 0 Å². The van der Waals surface area contributed by atoms with Gasteiger partial charge in [-0.25, -0.2) is 0 Å². The predicted octanol–water partition coefficient (Wildman–Crippen LogP) is 3.52. The van der Waals surface area contributed by atoms with Crippen LogP contribution in [0, 0.1) is 6.92 Å². The van der Waals surface area contributed by atoms with Crippen LogP contribution in [0.1, 0.15) is 12.5 Å². The normalized spacial score (nSPS) is 10.5. The topological polar surface area (TPSA) is 79.3 Å². The van der Waals surface area contributed by atoms with Gasteiger partial charge < -0.3 is 15.5 Å². The van der Waals surface area contributed by atoms with E-state index in [1.165, 1.54) is 12.5 Å². The van der Waals surface area contributed by atoms with Crippen LogP contribution in [0.25, 0.3) is 11.1 Å². The molecule has 1 heterocycles. The molecule has 150 valence electrons. The van der Waals surface area contributed by atoms with Crippen LogP contribution in [-0.2, 0) is 16.1 Å². The minimum atomic E-state index is -0.180. The fourth-order valence-electron chi connectivity index (χ4n) is 2.95. The molecule has 7 heteroatoms. The molecule has 0 aliphatic rings. The average Bonchev–Trinajstić information content (AvgIpc) is 3.07. The van der Waals surface area contributed by atoms with Gasteiger partial charge in [-0.3, -0.25) is 14.3 Å². The molecule has 0 fully saturated rings. The summed E-state index contributed by atoms with van der Waals surface area (Å²) in [6.07, 6.45) is 1.89. The quantitative estimate of drug-likeness (QED) is 0.674. The monoisotopic (exact) mass is 391 g/mol. The van der Waals surface area contributed by atoms with Gasteiger partial charge in [-0.05, 0) is 36.8 Å². The van der Waals surface area contributed by atoms with E-state index < -0.39 is 0 Å². The number of rotatable bonds is 6. The number of aromatic nitrogens is 2. The van der Waals surface area contributed by atoms with Crippen molar-refractivity contribution in [1.82, 2.24) is 9.78 Å². The third-order valence-corrected chi connectivity index (χ3v) is 4.32. The summed E-state index contributed by atoms with van der Waals surface area (Å²) in [6, 6.07) is 15.2. The zero-order valence-corrected chi connectivity index (χ0v) is 17.1. The highest BCUT2D eigenvalue weighted by Gasteiger charge is 2.14. The molecular formula is C22H25N5O2. The van der Waals surface area contributed by atoms with Gasteiger partial charge in [0, 0.05) is 44.2 Å². The van der Waals surface area contributed by atoms with Crippen LogP contribution in [-0.4, -0.2) is 35.7 Å². The van der Waals surface area contributed by atoms with E-state index in [0.29, 0.717) is 11.4 Å². The summed E-state index contributed by atoms with van der Waals surface area (Å²) in [5.74, 6) is 0.489. The number of hydrogen-bond acceptors (Lipinski definition) is 4. The molecular weight excluding hydrogens is 366 g/mol. The van der Waals surface area contributed by atoms with Gasteiger partial charge in [0.1, 0.15) is 6.54 Å². The first-order valence-corrected chi connectivity index (χ1v) is 9.31. The number of amides is 2. The van der Waals surface area contributed by atoms with Gasteiger partial charge in [0.25, 0.3) is 0 Å². The Hall–Kier alpha value is -3.61. The van der Waals surface area contributed by atoms with Crippen molar-refractivity contribution in [3.63, 3.8) is 0 Å². The molecule has 0 saturated heterocycles. The average molecular weight is 391 g/mol. The summed E-state index contributed by atoms with van der Waals surface area (Å²) >= 11 is 0. The lowest BCUT2D eigenvalue weighted by Crippen LogP contribution is -2.19. The second-order valence-electron chi connectivity index (χ2n) is 7.13. The van der Waals surface area contributed by atoms with E-state index in [9.17, 15) is 9.59 Å². The lowest BCUT2D eigenvalue weighted by atomic mass is 10.1. The molecule has 7 nitrogen and oxygen atoms in total. The standard InChI is InChI=1S/C22H25N5O2/c1-15-5-7-17(8-6-15)20-13-27(25-22(20)26(3)4)14-21(29)24-19-11-9-18(10-12-19)23-16(2)28/h5-13H,14H2,1-4H3,(H,23,28)(H,24,29). The molecule has 0 bridgehead atoms. The summed E-state index contributed by atoms with van der Waals surface area (Å²) in [6.45, 7) is 3.60. The largest absolute Gasteiger partial charge is 0.361 e. The Morgan fingerprint density at radius 3 is 2.10 bits per heavy atom. The number of carbonyl (C=O) groups is 2. The SMILES string of the molecule is CC(=O)Nc1ccc(NC(=O)Cn2cc(-c3ccc(C)cc3)c(N(C)C)n2)cc1. The Kier molecular flexibility index (Phi) is 5.97. The molecule has 0 aliphatic carbocycles. The summed E-state index contributed by atoms with van der Waals surface area (Å²) in [4.78, 5) is 25.5. The van der Waals surface area contributed by atoms with Gasteiger partial charge >= 0.3 is 0 Å². The molecule has 2 aromatic carbocycles. The molecule has 0 spiro atoms. The van der Waals surface area contributed by atoms with E-state index in [0.717, 1.165) is 16.9 Å². The highest BCUT2D eigenvalue weighted by atomic mass is 16.2. The van der Waals surface area contributed by atoms with E-state index in [2.05, 4.69) is 40.0 Å². The van der Waals surface area contributed by atoms with Gasteiger partial charge in [-0.1, -0.05) is 29.8 Å². The molecule has 0 atom stereocenters. The minimum absolute atomic E-state index is 0.0974. The van der Waals surface area contributed by atoms with Gasteiger partial charge in [-0.15, -0.1) is 0 Å². The zero-order chi connectivity index (χ0) is 21.0. The first-order valence-electron chi connectivity index (χ1n) is 9.31. The van der Waals surface area contributed by atoms with Crippen molar-refractivity contribution in [2.24, 2.45) is 0 Å². The molecule has 2 N–H and O–H groups in total. The lowest BCUT2D eigenvalue weighted by Gasteiger charge is -2.11. The summed E-state index contributed by atoms with van der Waals surface area (Å²) < 4.78 is 1.64. The Bertz CT molecular complexity index is 1000. The van der Waals surface area contributed by atoms with Gasteiger partial charge in [0.05, 0.1) is 0 Å². The molecule has 29 heavy (non-hydrogen) atoms. The van der Waals surface area contributed by atoms with Crippen LogP contribution in [0.5, 0.6) is 0 Å². The Morgan fingerprint density at radius 2 is 1.55 bits per heavy atom. The number of benzene rings is 2. The molecule has 0 radical (unpaired) electrons. The summed E-state index contributed by atoms with van der Waals surface area (Å²) in [5.41, 5.74) is 4.56. The van der Waals surface area contributed by atoms with Gasteiger partial charge in [0.2, 0.25) is 11.8 Å². The zero-order valence-electron chi connectivity index (χ0n) is 17.1. The summed E-state index contributed by atoms with van der Waals surface area (Å²) in [5, 5.41) is 10.1. The second-order valence-corrected chi connectivity index (χ2v) is 7.13. The number of carbonyl (C=O) groups excluding carboxylic acids is 2. The van der Waals surface area contributed by atoms with E-state index >= 15 is 0 Å². The van der Waals surface area contributed by atoms with Crippen molar-refractivity contribution >= 4 is 29.0 Å². The number of anilines is 3. The predicted molar refractivity (Wildman–Crippen MR) is 116 cm³/mol. The lowest BCUT2D eigenvalue weighted by molar-refractivity contribution is -0.117. The second kappa shape index (κ2) is 8.60. The minimum Gasteiger partial charge on any atom is -0.361 e. The molecule has 3 aromatic rings. The molecule has 0 saturated carbocycles. The molecule has 2 amide bonds.